The van der Waals surface area contributed by atoms with Crippen molar-refractivity contribution >= 4 is 28.1 Å². The summed E-state index contributed by atoms with van der Waals surface area (Å²) in [4.78, 5) is 18.1. The number of unbranched alkanes of at least 4 members (excludes halogenated alkanes) is 1. The van der Waals surface area contributed by atoms with Gasteiger partial charge in [-0.3, -0.25) is 9.69 Å². The van der Waals surface area contributed by atoms with Gasteiger partial charge in [-0.15, -0.1) is 0 Å². The maximum atomic E-state index is 12.3. The Bertz CT molecular complexity index is 953. The molecule has 5 nitrogen and oxygen atoms in total. The number of fused-ring (bicyclic) bond motifs is 1. The van der Waals surface area contributed by atoms with Crippen molar-refractivity contribution < 1.29 is 9.21 Å². The van der Waals surface area contributed by atoms with Gasteiger partial charge in [0.2, 0.25) is 0 Å². The molecule has 2 N–H and O–H groups in total. The lowest BCUT2D eigenvalue weighted by Crippen LogP contribution is -2.29. The Morgan fingerprint density at radius 3 is 3.00 bits per heavy atom. The molecule has 3 aromatic rings. The normalized spacial score (nSPS) is 15.1. The number of aromatic nitrogens is 1. The fourth-order valence-corrected chi connectivity index (χ4v) is 3.60. The molecule has 0 bridgehead atoms. The number of carbonyl (C=O) groups excluding carboxylic acids is 1. The molecule has 0 saturated heterocycles. The van der Waals surface area contributed by atoms with Crippen molar-refractivity contribution in [1.82, 2.24) is 9.88 Å². The number of carbonyl (C=O) groups is 1. The summed E-state index contributed by atoms with van der Waals surface area (Å²) in [5, 5.41) is 4.09. The topological polar surface area (TPSA) is 61.3 Å². The van der Waals surface area contributed by atoms with E-state index in [0.717, 1.165) is 36.1 Å². The van der Waals surface area contributed by atoms with Gasteiger partial charge in [0.25, 0.3) is 5.91 Å². The van der Waals surface area contributed by atoms with Crippen LogP contribution in [0.1, 0.15) is 42.1 Å². The summed E-state index contributed by atoms with van der Waals surface area (Å²) in [5.41, 5.74) is 5.01. The number of benzene rings is 1. The van der Waals surface area contributed by atoms with Crippen molar-refractivity contribution in [2.24, 2.45) is 0 Å². The number of hydrogen-bond donors (Lipinski definition) is 2. The van der Waals surface area contributed by atoms with E-state index in [4.69, 9.17) is 4.42 Å². The highest BCUT2D eigenvalue weighted by atomic mass is 16.3. The molecule has 4 rings (SSSR count). The molecule has 0 spiro atoms. The second kappa shape index (κ2) is 7.84. The first-order chi connectivity index (χ1) is 13.2. The van der Waals surface area contributed by atoms with Crippen LogP contribution in [0.3, 0.4) is 0 Å². The minimum absolute atomic E-state index is 0.163. The molecule has 0 radical (unpaired) electrons. The predicted octanol–water partition coefficient (Wildman–Crippen LogP) is 4.90. The molecule has 1 aromatic carbocycles. The minimum Gasteiger partial charge on any atom is -0.472 e. The highest BCUT2D eigenvalue weighted by Crippen LogP contribution is 2.31. The molecular formula is C22H25N3O2. The van der Waals surface area contributed by atoms with Crippen LogP contribution in [0, 0.1) is 0 Å². The predicted molar refractivity (Wildman–Crippen MR) is 109 cm³/mol. The Kier molecular flexibility index (Phi) is 5.12. The van der Waals surface area contributed by atoms with Crippen LogP contribution in [0.15, 0.2) is 53.5 Å². The first-order valence-corrected chi connectivity index (χ1v) is 9.61. The third kappa shape index (κ3) is 3.83. The molecule has 0 atom stereocenters. The van der Waals surface area contributed by atoms with Gasteiger partial charge in [-0.1, -0.05) is 19.4 Å². The van der Waals surface area contributed by atoms with Gasteiger partial charge in [-0.2, -0.15) is 0 Å². The molecule has 1 aliphatic heterocycles. The third-order valence-corrected chi connectivity index (χ3v) is 5.19. The van der Waals surface area contributed by atoms with E-state index in [-0.39, 0.29) is 5.91 Å². The van der Waals surface area contributed by atoms with Gasteiger partial charge >= 0.3 is 0 Å². The summed E-state index contributed by atoms with van der Waals surface area (Å²) in [6.45, 7) is 5.53. The van der Waals surface area contributed by atoms with Crippen molar-refractivity contribution in [2.75, 3.05) is 25.0 Å². The third-order valence-electron chi connectivity index (χ3n) is 5.19. The van der Waals surface area contributed by atoms with E-state index in [1.807, 2.05) is 18.2 Å². The van der Waals surface area contributed by atoms with Gasteiger partial charge < -0.3 is 14.7 Å². The number of aromatic amines is 1. The molecule has 5 heteroatoms. The van der Waals surface area contributed by atoms with E-state index in [0.29, 0.717) is 5.56 Å². The molecule has 0 unspecified atom stereocenters. The smallest absolute Gasteiger partial charge is 0.258 e. The quantitative estimate of drug-likeness (QED) is 0.655. The SMILES string of the molecule is CCCCN1CC=C(c2c[nH]c3ccc(NC(=O)c4ccoc4)cc23)CC1. The zero-order chi connectivity index (χ0) is 18.6. The number of amides is 1. The molecular weight excluding hydrogens is 338 g/mol. The van der Waals surface area contributed by atoms with Crippen molar-refractivity contribution in [3.63, 3.8) is 0 Å². The van der Waals surface area contributed by atoms with Crippen LogP contribution in [0.4, 0.5) is 5.69 Å². The van der Waals surface area contributed by atoms with E-state index in [1.54, 1.807) is 6.07 Å². The molecule has 0 saturated carbocycles. The fraction of sp³-hybridized carbons (Fsp3) is 0.318. The van der Waals surface area contributed by atoms with Crippen molar-refractivity contribution in [1.29, 1.82) is 0 Å². The van der Waals surface area contributed by atoms with Gasteiger partial charge in [0.15, 0.2) is 0 Å². The standard InChI is InChI=1S/C22H25N3O2/c1-2-3-9-25-10-6-16(7-11-25)20-14-23-21-5-4-18(13-19(20)21)24-22(26)17-8-12-27-15-17/h4-6,8,12-15,23H,2-3,7,9-11H2,1H3,(H,24,26). The number of nitrogens with one attached hydrogen (secondary N) is 2. The lowest BCUT2D eigenvalue weighted by atomic mass is 9.98. The average molecular weight is 363 g/mol. The molecule has 0 aliphatic carbocycles. The number of hydrogen-bond acceptors (Lipinski definition) is 3. The number of anilines is 1. The monoisotopic (exact) mass is 363 g/mol. The van der Waals surface area contributed by atoms with Gasteiger partial charge in [-0.25, -0.2) is 0 Å². The largest absolute Gasteiger partial charge is 0.472 e. The van der Waals surface area contributed by atoms with E-state index >= 15 is 0 Å². The lowest BCUT2D eigenvalue weighted by molar-refractivity contribution is 0.102. The second-order valence-corrected chi connectivity index (χ2v) is 7.06. The lowest BCUT2D eigenvalue weighted by Gasteiger charge is -2.26. The highest BCUT2D eigenvalue weighted by Gasteiger charge is 2.16. The average Bonchev–Trinajstić information content (AvgIpc) is 3.36. The van der Waals surface area contributed by atoms with Crippen LogP contribution in [0.2, 0.25) is 0 Å². The Balaban J connectivity index is 1.54. The molecule has 1 amide bonds. The summed E-state index contributed by atoms with van der Waals surface area (Å²) in [7, 11) is 0. The zero-order valence-corrected chi connectivity index (χ0v) is 15.6. The zero-order valence-electron chi connectivity index (χ0n) is 15.6. The van der Waals surface area contributed by atoms with Crippen molar-refractivity contribution in [2.45, 2.75) is 26.2 Å². The summed E-state index contributed by atoms with van der Waals surface area (Å²) in [5.74, 6) is -0.163. The van der Waals surface area contributed by atoms with E-state index in [1.165, 1.54) is 43.0 Å². The van der Waals surface area contributed by atoms with E-state index in [9.17, 15) is 4.79 Å². The van der Waals surface area contributed by atoms with E-state index in [2.05, 4.69) is 34.4 Å². The molecule has 140 valence electrons. The number of rotatable bonds is 6. The second-order valence-electron chi connectivity index (χ2n) is 7.06. The first-order valence-electron chi connectivity index (χ1n) is 9.61. The maximum Gasteiger partial charge on any atom is 0.258 e. The van der Waals surface area contributed by atoms with Crippen LogP contribution >= 0.6 is 0 Å². The Morgan fingerprint density at radius 2 is 2.26 bits per heavy atom. The van der Waals surface area contributed by atoms with Crippen LogP contribution in [-0.4, -0.2) is 35.4 Å². The molecule has 1 aliphatic rings. The van der Waals surface area contributed by atoms with Crippen LogP contribution in [0.5, 0.6) is 0 Å². The summed E-state index contributed by atoms with van der Waals surface area (Å²) in [6.07, 6.45) is 10.9. The molecule has 0 fully saturated rings. The Morgan fingerprint density at radius 1 is 1.33 bits per heavy atom. The van der Waals surface area contributed by atoms with Crippen LogP contribution in [-0.2, 0) is 0 Å². The summed E-state index contributed by atoms with van der Waals surface area (Å²) >= 11 is 0. The first kappa shape index (κ1) is 17.6. The van der Waals surface area contributed by atoms with E-state index < -0.39 is 0 Å². The van der Waals surface area contributed by atoms with Crippen molar-refractivity contribution in [3.05, 3.63) is 60.2 Å². The number of nitrogens with zero attached hydrogens (tertiary/aromatic N) is 1. The Labute approximate surface area is 159 Å². The van der Waals surface area contributed by atoms with Gasteiger partial charge in [0.05, 0.1) is 11.8 Å². The molecule has 3 heterocycles. The highest BCUT2D eigenvalue weighted by molar-refractivity contribution is 6.05. The van der Waals surface area contributed by atoms with Crippen molar-refractivity contribution in [3.8, 4) is 0 Å². The van der Waals surface area contributed by atoms with Gasteiger partial charge in [0.1, 0.15) is 6.26 Å². The number of furan rings is 1. The summed E-state index contributed by atoms with van der Waals surface area (Å²) in [6, 6.07) is 7.64. The van der Waals surface area contributed by atoms with Crippen LogP contribution < -0.4 is 5.32 Å². The van der Waals surface area contributed by atoms with Gasteiger partial charge in [-0.05, 0) is 49.2 Å². The van der Waals surface area contributed by atoms with Crippen LogP contribution in [0.25, 0.3) is 16.5 Å². The van der Waals surface area contributed by atoms with Gasteiger partial charge in [0, 0.05) is 41.4 Å². The summed E-state index contributed by atoms with van der Waals surface area (Å²) < 4.78 is 4.99. The maximum absolute atomic E-state index is 12.3. The fourth-order valence-electron chi connectivity index (χ4n) is 3.60. The minimum atomic E-state index is -0.163. The number of H-pyrrole nitrogens is 1. The molecule has 2 aromatic heterocycles. The Hall–Kier alpha value is -2.79. The molecule has 27 heavy (non-hydrogen) atoms.